The SMILES string of the molecule is CN=C(NCc1c(C)cc(C)cc1C)NC1CCN(c2ncccc2F)C1. The van der Waals surface area contributed by atoms with Crippen molar-refractivity contribution in [2.75, 3.05) is 25.0 Å². The van der Waals surface area contributed by atoms with Gasteiger partial charge in [-0.3, -0.25) is 4.99 Å². The van der Waals surface area contributed by atoms with Crippen LogP contribution in [0.4, 0.5) is 10.2 Å². The largest absolute Gasteiger partial charge is 0.352 e. The van der Waals surface area contributed by atoms with Crippen LogP contribution in [0.5, 0.6) is 0 Å². The number of hydrogen-bond donors (Lipinski definition) is 2. The number of guanidine groups is 1. The molecule has 1 unspecified atom stereocenters. The molecule has 2 N–H and O–H groups in total. The van der Waals surface area contributed by atoms with E-state index in [1.807, 2.05) is 4.90 Å². The number of anilines is 1. The third kappa shape index (κ3) is 4.56. The van der Waals surface area contributed by atoms with Crippen molar-refractivity contribution in [3.63, 3.8) is 0 Å². The van der Waals surface area contributed by atoms with Crippen LogP contribution in [0, 0.1) is 26.6 Å². The first kappa shape index (κ1) is 19.1. The Bertz CT molecular complexity index is 810. The average molecular weight is 369 g/mol. The molecule has 1 aromatic heterocycles. The Balaban J connectivity index is 1.58. The van der Waals surface area contributed by atoms with Gasteiger partial charge in [-0.05, 0) is 56.0 Å². The molecule has 1 atom stereocenters. The second-order valence-corrected chi connectivity index (χ2v) is 7.19. The summed E-state index contributed by atoms with van der Waals surface area (Å²) in [5.41, 5.74) is 5.15. The van der Waals surface area contributed by atoms with Crippen molar-refractivity contribution in [1.29, 1.82) is 0 Å². The van der Waals surface area contributed by atoms with Gasteiger partial charge in [0.25, 0.3) is 0 Å². The smallest absolute Gasteiger partial charge is 0.191 e. The molecule has 27 heavy (non-hydrogen) atoms. The molecular weight excluding hydrogens is 341 g/mol. The van der Waals surface area contributed by atoms with E-state index in [1.165, 1.54) is 28.3 Å². The molecule has 0 amide bonds. The number of aryl methyl sites for hydroxylation is 3. The maximum atomic E-state index is 13.9. The van der Waals surface area contributed by atoms with Crippen molar-refractivity contribution in [3.05, 3.63) is 58.5 Å². The number of hydrogen-bond acceptors (Lipinski definition) is 3. The van der Waals surface area contributed by atoms with E-state index in [4.69, 9.17) is 0 Å². The molecule has 0 bridgehead atoms. The fourth-order valence-corrected chi connectivity index (χ4v) is 3.73. The second kappa shape index (κ2) is 8.37. The quantitative estimate of drug-likeness (QED) is 0.642. The van der Waals surface area contributed by atoms with Crippen LogP contribution in [-0.4, -0.2) is 37.1 Å². The van der Waals surface area contributed by atoms with Gasteiger partial charge in [0.1, 0.15) is 0 Å². The molecule has 0 aliphatic carbocycles. The Hall–Kier alpha value is -2.63. The fraction of sp³-hybridized carbons (Fsp3) is 0.429. The van der Waals surface area contributed by atoms with Gasteiger partial charge in [0.15, 0.2) is 17.6 Å². The third-order valence-electron chi connectivity index (χ3n) is 5.06. The Morgan fingerprint density at radius 2 is 2.04 bits per heavy atom. The topological polar surface area (TPSA) is 52.6 Å². The number of nitrogens with zero attached hydrogens (tertiary/aromatic N) is 3. The minimum Gasteiger partial charge on any atom is -0.352 e. The van der Waals surface area contributed by atoms with Gasteiger partial charge in [-0.25, -0.2) is 9.37 Å². The second-order valence-electron chi connectivity index (χ2n) is 7.19. The minimum atomic E-state index is -0.272. The zero-order valence-corrected chi connectivity index (χ0v) is 16.5. The van der Waals surface area contributed by atoms with E-state index in [9.17, 15) is 4.39 Å². The van der Waals surface area contributed by atoms with Crippen LogP contribution < -0.4 is 15.5 Å². The molecule has 1 fully saturated rings. The summed E-state index contributed by atoms with van der Waals surface area (Å²) in [7, 11) is 1.77. The maximum Gasteiger partial charge on any atom is 0.191 e. The van der Waals surface area contributed by atoms with E-state index in [0.717, 1.165) is 25.5 Å². The number of benzene rings is 1. The summed E-state index contributed by atoms with van der Waals surface area (Å²) in [4.78, 5) is 10.5. The van der Waals surface area contributed by atoms with Crippen LogP contribution in [0.2, 0.25) is 0 Å². The standard InChI is InChI=1S/C21H28FN5/c1-14-10-15(2)18(16(3)11-14)12-25-21(23-4)26-17-7-9-27(13-17)20-19(22)6-5-8-24-20/h5-6,8,10-11,17H,7,9,12-13H2,1-4H3,(H2,23,25,26). The summed E-state index contributed by atoms with van der Waals surface area (Å²) < 4.78 is 13.9. The summed E-state index contributed by atoms with van der Waals surface area (Å²) in [5, 5.41) is 6.86. The van der Waals surface area contributed by atoms with Gasteiger partial charge in [0.05, 0.1) is 0 Å². The van der Waals surface area contributed by atoms with E-state index in [-0.39, 0.29) is 11.9 Å². The summed E-state index contributed by atoms with van der Waals surface area (Å²) in [6.07, 6.45) is 2.55. The lowest BCUT2D eigenvalue weighted by Gasteiger charge is -2.20. The minimum absolute atomic E-state index is 0.206. The predicted octanol–water partition coefficient (Wildman–Crippen LogP) is 3.09. The lowest BCUT2D eigenvalue weighted by atomic mass is 10.00. The average Bonchev–Trinajstić information content (AvgIpc) is 3.08. The number of pyridine rings is 1. The van der Waals surface area contributed by atoms with E-state index in [2.05, 4.69) is 53.5 Å². The monoisotopic (exact) mass is 369 g/mol. The highest BCUT2D eigenvalue weighted by Crippen LogP contribution is 2.21. The zero-order valence-electron chi connectivity index (χ0n) is 16.5. The Kier molecular flexibility index (Phi) is 5.94. The molecular formula is C21H28FN5. The van der Waals surface area contributed by atoms with E-state index in [1.54, 1.807) is 19.3 Å². The zero-order chi connectivity index (χ0) is 19.4. The Morgan fingerprint density at radius 3 is 2.70 bits per heavy atom. The lowest BCUT2D eigenvalue weighted by molar-refractivity contribution is 0.612. The van der Waals surface area contributed by atoms with Crippen LogP contribution in [-0.2, 0) is 6.54 Å². The van der Waals surface area contributed by atoms with Crippen LogP contribution >= 0.6 is 0 Å². The van der Waals surface area contributed by atoms with Gasteiger partial charge in [-0.2, -0.15) is 0 Å². The maximum absolute atomic E-state index is 13.9. The summed E-state index contributed by atoms with van der Waals surface area (Å²) >= 11 is 0. The lowest BCUT2D eigenvalue weighted by Crippen LogP contribution is -2.44. The highest BCUT2D eigenvalue weighted by Gasteiger charge is 2.25. The molecule has 0 spiro atoms. The first-order valence-electron chi connectivity index (χ1n) is 9.37. The Labute approximate surface area is 160 Å². The van der Waals surface area contributed by atoms with Crippen LogP contribution in [0.15, 0.2) is 35.5 Å². The van der Waals surface area contributed by atoms with E-state index >= 15 is 0 Å². The Morgan fingerprint density at radius 1 is 1.30 bits per heavy atom. The van der Waals surface area contributed by atoms with E-state index in [0.29, 0.717) is 12.4 Å². The molecule has 1 saturated heterocycles. The highest BCUT2D eigenvalue weighted by molar-refractivity contribution is 5.80. The molecule has 1 aliphatic rings. The number of halogens is 1. The molecule has 6 heteroatoms. The van der Waals surface area contributed by atoms with Gasteiger partial charge in [-0.1, -0.05) is 17.7 Å². The predicted molar refractivity (Wildman–Crippen MR) is 109 cm³/mol. The van der Waals surface area contributed by atoms with Crippen molar-refractivity contribution in [1.82, 2.24) is 15.6 Å². The van der Waals surface area contributed by atoms with Crippen molar-refractivity contribution in [2.24, 2.45) is 4.99 Å². The first-order valence-corrected chi connectivity index (χ1v) is 9.37. The van der Waals surface area contributed by atoms with Gasteiger partial charge in [-0.15, -0.1) is 0 Å². The number of nitrogens with one attached hydrogen (secondary N) is 2. The molecule has 0 radical (unpaired) electrons. The molecule has 1 aromatic carbocycles. The summed E-state index contributed by atoms with van der Waals surface area (Å²) in [6.45, 7) is 8.61. The molecule has 3 rings (SSSR count). The van der Waals surface area contributed by atoms with Crippen molar-refractivity contribution < 1.29 is 4.39 Å². The number of rotatable bonds is 4. The third-order valence-corrected chi connectivity index (χ3v) is 5.06. The van der Waals surface area contributed by atoms with E-state index < -0.39 is 0 Å². The number of aromatic nitrogens is 1. The van der Waals surface area contributed by atoms with Crippen LogP contribution in [0.3, 0.4) is 0 Å². The number of aliphatic imine (C=N–C) groups is 1. The van der Waals surface area contributed by atoms with Gasteiger partial charge in [0, 0.05) is 38.9 Å². The molecule has 2 aromatic rings. The van der Waals surface area contributed by atoms with Gasteiger partial charge in [0.2, 0.25) is 0 Å². The summed E-state index contributed by atoms with van der Waals surface area (Å²) in [5.74, 6) is 0.921. The molecule has 2 heterocycles. The molecule has 144 valence electrons. The first-order chi connectivity index (χ1) is 13.0. The highest BCUT2D eigenvalue weighted by atomic mass is 19.1. The van der Waals surface area contributed by atoms with Crippen molar-refractivity contribution >= 4 is 11.8 Å². The van der Waals surface area contributed by atoms with Crippen LogP contribution in [0.1, 0.15) is 28.7 Å². The molecule has 0 saturated carbocycles. The van der Waals surface area contributed by atoms with Gasteiger partial charge < -0.3 is 15.5 Å². The fourth-order valence-electron chi connectivity index (χ4n) is 3.73. The summed E-state index contributed by atoms with van der Waals surface area (Å²) in [6, 6.07) is 7.69. The molecule has 1 aliphatic heterocycles. The molecule has 5 nitrogen and oxygen atoms in total. The van der Waals surface area contributed by atoms with Crippen molar-refractivity contribution in [2.45, 2.75) is 39.8 Å². The van der Waals surface area contributed by atoms with Crippen molar-refractivity contribution in [3.8, 4) is 0 Å². The normalized spacial score (nSPS) is 17.3. The van der Waals surface area contributed by atoms with Crippen LogP contribution in [0.25, 0.3) is 0 Å². The van der Waals surface area contributed by atoms with Gasteiger partial charge >= 0.3 is 0 Å².